The average Bonchev–Trinajstić information content (AvgIpc) is 3.38. The van der Waals surface area contributed by atoms with Crippen LogP contribution in [0.4, 0.5) is 0 Å². The molecule has 0 amide bonds. The zero-order chi connectivity index (χ0) is 13.4. The zero-order valence-corrected chi connectivity index (χ0v) is 12.6. The fourth-order valence-electron chi connectivity index (χ4n) is 3.82. The molecule has 2 heterocycles. The smallest absolute Gasteiger partial charge is 0.0547 e. The molecule has 2 aliphatic carbocycles. The number of piperazine rings is 1. The van der Waals surface area contributed by atoms with Crippen LogP contribution in [0.15, 0.2) is 0 Å². The summed E-state index contributed by atoms with van der Waals surface area (Å²) < 4.78 is 5.75. The van der Waals surface area contributed by atoms with Crippen LogP contribution in [-0.2, 0) is 4.74 Å². The fourth-order valence-corrected chi connectivity index (χ4v) is 3.82. The lowest BCUT2D eigenvalue weighted by Crippen LogP contribution is -2.52. The maximum absolute atomic E-state index is 5.75. The maximum Gasteiger partial charge on any atom is 0.0547 e. The summed E-state index contributed by atoms with van der Waals surface area (Å²) in [5, 5.41) is 3.75. The number of nitrogens with one attached hydrogen (secondary N) is 1. The Hall–Kier alpha value is -0.160. The largest absolute Gasteiger partial charge is 0.381 e. The van der Waals surface area contributed by atoms with E-state index in [1.807, 2.05) is 0 Å². The van der Waals surface area contributed by atoms with E-state index in [-0.39, 0.29) is 0 Å². The van der Waals surface area contributed by atoms with Crippen LogP contribution >= 0.6 is 0 Å². The van der Waals surface area contributed by atoms with Crippen LogP contribution in [0.3, 0.4) is 0 Å². The molecule has 2 saturated heterocycles. The molecule has 1 unspecified atom stereocenters. The van der Waals surface area contributed by atoms with E-state index in [0.29, 0.717) is 5.41 Å². The first-order valence-electron chi connectivity index (χ1n) is 8.61. The maximum atomic E-state index is 5.75. The molecule has 1 atom stereocenters. The Morgan fingerprint density at radius 2 is 1.85 bits per heavy atom. The molecule has 4 rings (SSSR count). The third-order valence-electron chi connectivity index (χ3n) is 5.56. The van der Waals surface area contributed by atoms with E-state index in [2.05, 4.69) is 15.1 Å². The number of hydrogen-bond donors (Lipinski definition) is 1. The van der Waals surface area contributed by atoms with Gasteiger partial charge in [0.2, 0.25) is 0 Å². The molecule has 0 spiro atoms. The van der Waals surface area contributed by atoms with Crippen LogP contribution in [0.25, 0.3) is 0 Å². The van der Waals surface area contributed by atoms with Gasteiger partial charge in [-0.3, -0.25) is 4.90 Å². The van der Waals surface area contributed by atoms with Gasteiger partial charge in [0.05, 0.1) is 6.61 Å². The number of ether oxygens (including phenoxy) is 1. The number of nitrogens with zero attached hydrogens (tertiary/aromatic N) is 2. The van der Waals surface area contributed by atoms with Gasteiger partial charge in [-0.25, -0.2) is 0 Å². The van der Waals surface area contributed by atoms with Crippen molar-refractivity contribution in [1.29, 1.82) is 0 Å². The Balaban J connectivity index is 1.28. The van der Waals surface area contributed by atoms with Crippen LogP contribution in [-0.4, -0.2) is 74.4 Å². The Kier molecular flexibility index (Phi) is 3.75. The quantitative estimate of drug-likeness (QED) is 0.783. The van der Waals surface area contributed by atoms with Gasteiger partial charge in [-0.1, -0.05) is 0 Å². The van der Waals surface area contributed by atoms with Crippen molar-refractivity contribution in [1.82, 2.24) is 15.1 Å². The van der Waals surface area contributed by atoms with Crippen molar-refractivity contribution in [2.45, 2.75) is 44.2 Å². The molecule has 0 radical (unpaired) electrons. The van der Waals surface area contributed by atoms with Gasteiger partial charge >= 0.3 is 0 Å². The molecule has 2 saturated carbocycles. The normalized spacial score (nSPS) is 36.6. The van der Waals surface area contributed by atoms with Gasteiger partial charge in [0.25, 0.3) is 0 Å². The van der Waals surface area contributed by atoms with E-state index in [1.165, 1.54) is 71.4 Å². The summed E-state index contributed by atoms with van der Waals surface area (Å²) in [4.78, 5) is 5.40. The minimum Gasteiger partial charge on any atom is -0.381 e. The highest BCUT2D eigenvalue weighted by Gasteiger charge is 2.39. The Labute approximate surface area is 122 Å². The highest BCUT2D eigenvalue weighted by atomic mass is 16.5. The van der Waals surface area contributed by atoms with Gasteiger partial charge in [0, 0.05) is 63.4 Å². The second-order valence-corrected chi connectivity index (χ2v) is 7.50. The molecule has 4 fully saturated rings. The predicted octanol–water partition coefficient (Wildman–Crippen LogP) is 0.925. The second-order valence-electron chi connectivity index (χ2n) is 7.50. The average molecular weight is 279 g/mol. The van der Waals surface area contributed by atoms with Crippen molar-refractivity contribution < 1.29 is 4.74 Å². The molecule has 0 bridgehead atoms. The van der Waals surface area contributed by atoms with E-state index in [0.717, 1.165) is 25.3 Å². The zero-order valence-electron chi connectivity index (χ0n) is 12.6. The summed E-state index contributed by atoms with van der Waals surface area (Å²) >= 11 is 0. The molecule has 1 N–H and O–H groups in total. The minimum absolute atomic E-state index is 0.393. The lowest BCUT2D eigenvalue weighted by molar-refractivity contribution is 0.0684. The first-order valence-corrected chi connectivity index (χ1v) is 8.61. The van der Waals surface area contributed by atoms with Gasteiger partial charge in [0.1, 0.15) is 0 Å². The molecule has 4 heteroatoms. The van der Waals surface area contributed by atoms with E-state index in [4.69, 9.17) is 4.74 Å². The van der Waals surface area contributed by atoms with Crippen molar-refractivity contribution in [2.75, 3.05) is 52.5 Å². The number of rotatable bonds is 6. The lowest BCUT2D eigenvalue weighted by Gasteiger charge is -2.40. The molecular formula is C16H29N3O. The monoisotopic (exact) mass is 279 g/mol. The van der Waals surface area contributed by atoms with Crippen molar-refractivity contribution in [3.63, 3.8) is 0 Å². The lowest BCUT2D eigenvalue weighted by atomic mass is 9.86. The highest BCUT2D eigenvalue weighted by molar-refractivity contribution is 4.94. The highest BCUT2D eigenvalue weighted by Crippen LogP contribution is 2.32. The molecule has 4 nitrogen and oxygen atoms in total. The first kappa shape index (κ1) is 13.5. The topological polar surface area (TPSA) is 27.7 Å². The second kappa shape index (κ2) is 5.56. The van der Waals surface area contributed by atoms with Crippen LogP contribution in [0.1, 0.15) is 32.1 Å². The summed E-state index contributed by atoms with van der Waals surface area (Å²) in [5.74, 6) is 0. The van der Waals surface area contributed by atoms with Crippen molar-refractivity contribution >= 4 is 0 Å². The number of hydrogen-bond acceptors (Lipinski definition) is 4. The van der Waals surface area contributed by atoms with Crippen molar-refractivity contribution in [3.8, 4) is 0 Å². The molecule has 2 aliphatic heterocycles. The SMILES string of the molecule is C1CC(CNC2CC2)(CN2CCN(C3CC3)CC2)CO1. The van der Waals surface area contributed by atoms with E-state index < -0.39 is 0 Å². The summed E-state index contributed by atoms with van der Waals surface area (Å²) in [6, 6.07) is 1.76. The molecule has 0 aromatic rings. The van der Waals surface area contributed by atoms with E-state index in [1.54, 1.807) is 0 Å². The fraction of sp³-hybridized carbons (Fsp3) is 1.00. The summed E-state index contributed by atoms with van der Waals surface area (Å²) in [7, 11) is 0. The van der Waals surface area contributed by atoms with E-state index in [9.17, 15) is 0 Å². The van der Waals surface area contributed by atoms with Gasteiger partial charge in [-0.15, -0.1) is 0 Å². The summed E-state index contributed by atoms with van der Waals surface area (Å²) in [6.45, 7) is 9.45. The van der Waals surface area contributed by atoms with Crippen molar-refractivity contribution in [2.24, 2.45) is 5.41 Å². The Bertz CT molecular complexity index is 327. The molecule has 0 aromatic heterocycles. The molecule has 20 heavy (non-hydrogen) atoms. The molecular weight excluding hydrogens is 250 g/mol. The van der Waals surface area contributed by atoms with Gasteiger partial charge < -0.3 is 15.0 Å². The third kappa shape index (κ3) is 3.19. The molecule has 0 aromatic carbocycles. The molecule has 4 aliphatic rings. The minimum atomic E-state index is 0.393. The standard InChI is InChI=1S/C16H29N3O/c1-2-14(1)17-11-16(5-10-20-13-16)12-18-6-8-19(9-7-18)15-3-4-15/h14-15,17H,1-13H2. The molecule has 114 valence electrons. The Morgan fingerprint density at radius 1 is 1.05 bits per heavy atom. The van der Waals surface area contributed by atoms with E-state index >= 15 is 0 Å². The first-order chi connectivity index (χ1) is 9.83. The third-order valence-corrected chi connectivity index (χ3v) is 5.56. The van der Waals surface area contributed by atoms with Crippen molar-refractivity contribution in [3.05, 3.63) is 0 Å². The van der Waals surface area contributed by atoms with Gasteiger partial charge in [-0.05, 0) is 32.1 Å². The van der Waals surface area contributed by atoms with Crippen LogP contribution in [0.5, 0.6) is 0 Å². The van der Waals surface area contributed by atoms with Crippen LogP contribution in [0.2, 0.25) is 0 Å². The van der Waals surface area contributed by atoms with Gasteiger partial charge in [0.15, 0.2) is 0 Å². The van der Waals surface area contributed by atoms with Crippen LogP contribution in [0, 0.1) is 5.41 Å². The van der Waals surface area contributed by atoms with Gasteiger partial charge in [-0.2, -0.15) is 0 Å². The summed E-state index contributed by atoms with van der Waals surface area (Å²) in [6.07, 6.45) is 6.91. The Morgan fingerprint density at radius 3 is 2.45 bits per heavy atom. The van der Waals surface area contributed by atoms with Crippen LogP contribution < -0.4 is 5.32 Å². The predicted molar refractivity (Wildman–Crippen MR) is 79.9 cm³/mol. The summed E-state index contributed by atoms with van der Waals surface area (Å²) in [5.41, 5.74) is 0.393.